The Hall–Kier alpha value is -1.55. The maximum atomic E-state index is 10.1. The molecule has 2 aromatic carbocycles. The van der Waals surface area contributed by atoms with Crippen LogP contribution < -0.4 is 0 Å². The van der Waals surface area contributed by atoms with Crippen molar-refractivity contribution in [2.24, 2.45) is 0 Å². The zero-order chi connectivity index (χ0) is 15.5. The SMILES string of the molecule is Cc1cc(-c2ccc(CN3CCOCC3)cc2)c(O)cc1Cl. The standard InChI is InChI=1S/C18H20ClNO2/c1-13-10-16(18(21)11-17(13)19)15-4-2-14(3-5-15)12-20-6-8-22-9-7-20/h2-5,10-11,21H,6-9,12H2,1H3. The summed E-state index contributed by atoms with van der Waals surface area (Å²) in [5, 5.41) is 10.7. The molecule has 0 bridgehead atoms. The van der Waals surface area contributed by atoms with E-state index in [0.29, 0.717) is 5.02 Å². The predicted molar refractivity (Wildman–Crippen MR) is 89.4 cm³/mol. The van der Waals surface area contributed by atoms with Crippen molar-refractivity contribution in [2.75, 3.05) is 26.3 Å². The smallest absolute Gasteiger partial charge is 0.124 e. The molecule has 1 saturated heterocycles. The number of ether oxygens (including phenoxy) is 1. The van der Waals surface area contributed by atoms with Crippen LogP contribution in [-0.4, -0.2) is 36.3 Å². The van der Waals surface area contributed by atoms with Crippen LogP contribution in [0, 0.1) is 6.92 Å². The van der Waals surface area contributed by atoms with Gasteiger partial charge >= 0.3 is 0 Å². The van der Waals surface area contributed by atoms with Gasteiger partial charge in [0.25, 0.3) is 0 Å². The molecule has 4 heteroatoms. The lowest BCUT2D eigenvalue weighted by molar-refractivity contribution is 0.0342. The van der Waals surface area contributed by atoms with Crippen molar-refractivity contribution in [1.29, 1.82) is 0 Å². The van der Waals surface area contributed by atoms with Gasteiger partial charge in [0, 0.05) is 30.2 Å². The minimum atomic E-state index is 0.219. The highest BCUT2D eigenvalue weighted by Crippen LogP contribution is 2.33. The highest BCUT2D eigenvalue weighted by Gasteiger charge is 2.11. The molecule has 1 N–H and O–H groups in total. The maximum Gasteiger partial charge on any atom is 0.124 e. The lowest BCUT2D eigenvalue weighted by Crippen LogP contribution is -2.35. The van der Waals surface area contributed by atoms with Crippen molar-refractivity contribution in [3.63, 3.8) is 0 Å². The number of aromatic hydroxyl groups is 1. The molecule has 0 radical (unpaired) electrons. The van der Waals surface area contributed by atoms with Crippen molar-refractivity contribution in [1.82, 2.24) is 4.90 Å². The second kappa shape index (κ2) is 6.69. The third-order valence-corrected chi connectivity index (χ3v) is 4.46. The van der Waals surface area contributed by atoms with Gasteiger partial charge in [0.05, 0.1) is 13.2 Å². The van der Waals surface area contributed by atoms with Crippen molar-refractivity contribution in [2.45, 2.75) is 13.5 Å². The normalized spacial score (nSPS) is 15.9. The lowest BCUT2D eigenvalue weighted by Gasteiger charge is -2.26. The van der Waals surface area contributed by atoms with Gasteiger partial charge < -0.3 is 9.84 Å². The van der Waals surface area contributed by atoms with Crippen molar-refractivity contribution >= 4 is 11.6 Å². The molecule has 3 rings (SSSR count). The van der Waals surface area contributed by atoms with Gasteiger partial charge in [-0.15, -0.1) is 0 Å². The second-order valence-electron chi connectivity index (χ2n) is 5.70. The van der Waals surface area contributed by atoms with Crippen LogP contribution >= 0.6 is 11.6 Å². The summed E-state index contributed by atoms with van der Waals surface area (Å²) in [6.07, 6.45) is 0. The summed E-state index contributed by atoms with van der Waals surface area (Å²) in [5.41, 5.74) is 4.06. The lowest BCUT2D eigenvalue weighted by atomic mass is 10.0. The van der Waals surface area contributed by atoms with Crippen LogP contribution in [0.5, 0.6) is 5.75 Å². The minimum Gasteiger partial charge on any atom is -0.507 e. The summed E-state index contributed by atoms with van der Waals surface area (Å²) in [6, 6.07) is 11.9. The van der Waals surface area contributed by atoms with E-state index in [-0.39, 0.29) is 5.75 Å². The molecule has 0 aromatic heterocycles. The number of morpholine rings is 1. The topological polar surface area (TPSA) is 32.7 Å². The highest BCUT2D eigenvalue weighted by molar-refractivity contribution is 6.31. The molecule has 0 aliphatic carbocycles. The number of hydrogen-bond acceptors (Lipinski definition) is 3. The Morgan fingerprint density at radius 3 is 2.50 bits per heavy atom. The molecule has 0 unspecified atom stereocenters. The van der Waals surface area contributed by atoms with Crippen molar-refractivity contribution < 1.29 is 9.84 Å². The summed E-state index contributed by atoms with van der Waals surface area (Å²) in [7, 11) is 0. The zero-order valence-corrected chi connectivity index (χ0v) is 13.4. The Balaban J connectivity index is 1.77. The number of aryl methyl sites for hydroxylation is 1. The van der Waals surface area contributed by atoms with Gasteiger partial charge in [-0.3, -0.25) is 4.90 Å². The average Bonchev–Trinajstić information content (AvgIpc) is 2.53. The fourth-order valence-electron chi connectivity index (χ4n) is 2.71. The fourth-order valence-corrected chi connectivity index (χ4v) is 2.87. The summed E-state index contributed by atoms with van der Waals surface area (Å²) >= 11 is 6.03. The van der Waals surface area contributed by atoms with Gasteiger partial charge in [0.15, 0.2) is 0 Å². The van der Waals surface area contributed by atoms with Crippen LogP contribution in [0.15, 0.2) is 36.4 Å². The molecule has 1 aliphatic rings. The van der Waals surface area contributed by atoms with Crippen molar-refractivity contribution in [3.8, 4) is 16.9 Å². The number of phenols is 1. The number of halogens is 1. The Bertz CT molecular complexity index is 649. The molecule has 1 aliphatic heterocycles. The van der Waals surface area contributed by atoms with Gasteiger partial charge in [-0.2, -0.15) is 0 Å². The highest BCUT2D eigenvalue weighted by atomic mass is 35.5. The first-order valence-electron chi connectivity index (χ1n) is 7.52. The maximum absolute atomic E-state index is 10.1. The molecule has 0 atom stereocenters. The number of benzene rings is 2. The summed E-state index contributed by atoms with van der Waals surface area (Å²) in [4.78, 5) is 2.39. The monoisotopic (exact) mass is 317 g/mol. The van der Waals surface area contributed by atoms with E-state index in [9.17, 15) is 5.11 Å². The molecule has 1 heterocycles. The molecule has 116 valence electrons. The largest absolute Gasteiger partial charge is 0.507 e. The zero-order valence-electron chi connectivity index (χ0n) is 12.7. The van der Waals surface area contributed by atoms with E-state index in [0.717, 1.165) is 49.5 Å². The fraction of sp³-hybridized carbons (Fsp3) is 0.333. The van der Waals surface area contributed by atoms with Crippen LogP contribution in [0.2, 0.25) is 5.02 Å². The number of phenolic OH excluding ortho intramolecular Hbond substituents is 1. The molecule has 22 heavy (non-hydrogen) atoms. The third-order valence-electron chi connectivity index (χ3n) is 4.05. The Kier molecular flexibility index (Phi) is 4.67. The van der Waals surface area contributed by atoms with Crippen molar-refractivity contribution in [3.05, 3.63) is 52.5 Å². The van der Waals surface area contributed by atoms with E-state index in [2.05, 4.69) is 29.2 Å². The predicted octanol–water partition coefficient (Wildman–Crippen LogP) is 3.85. The van der Waals surface area contributed by atoms with E-state index in [1.807, 2.05) is 13.0 Å². The van der Waals surface area contributed by atoms with Gasteiger partial charge in [-0.1, -0.05) is 35.9 Å². The van der Waals surface area contributed by atoms with E-state index in [1.165, 1.54) is 5.56 Å². The summed E-state index contributed by atoms with van der Waals surface area (Å²) in [6.45, 7) is 6.48. The molecule has 0 amide bonds. The summed E-state index contributed by atoms with van der Waals surface area (Å²) < 4.78 is 5.37. The van der Waals surface area contributed by atoms with E-state index in [4.69, 9.17) is 16.3 Å². The molecular weight excluding hydrogens is 298 g/mol. The van der Waals surface area contributed by atoms with Crippen LogP contribution in [0.1, 0.15) is 11.1 Å². The second-order valence-corrected chi connectivity index (χ2v) is 6.11. The van der Waals surface area contributed by atoms with Gasteiger partial charge in [-0.05, 0) is 35.7 Å². The molecule has 2 aromatic rings. The van der Waals surface area contributed by atoms with E-state index >= 15 is 0 Å². The van der Waals surface area contributed by atoms with Gasteiger partial charge in [0.1, 0.15) is 5.75 Å². The van der Waals surface area contributed by atoms with Gasteiger partial charge in [0.2, 0.25) is 0 Å². The molecular formula is C18H20ClNO2. The molecule has 1 fully saturated rings. The first kappa shape index (κ1) is 15.3. The first-order valence-corrected chi connectivity index (χ1v) is 7.90. The van der Waals surface area contributed by atoms with Crippen LogP contribution in [0.25, 0.3) is 11.1 Å². The van der Waals surface area contributed by atoms with Crippen LogP contribution in [0.3, 0.4) is 0 Å². The Morgan fingerprint density at radius 2 is 1.82 bits per heavy atom. The van der Waals surface area contributed by atoms with Gasteiger partial charge in [-0.25, -0.2) is 0 Å². The van der Waals surface area contributed by atoms with E-state index < -0.39 is 0 Å². The average molecular weight is 318 g/mol. The first-order chi connectivity index (χ1) is 10.6. The third kappa shape index (κ3) is 3.43. The Labute approximate surface area is 136 Å². The van der Waals surface area contributed by atoms with Crippen LogP contribution in [-0.2, 0) is 11.3 Å². The minimum absolute atomic E-state index is 0.219. The van der Waals surface area contributed by atoms with E-state index in [1.54, 1.807) is 6.07 Å². The molecule has 0 spiro atoms. The quantitative estimate of drug-likeness (QED) is 0.933. The molecule has 3 nitrogen and oxygen atoms in total. The molecule has 0 saturated carbocycles. The number of hydrogen-bond donors (Lipinski definition) is 1. The number of rotatable bonds is 3. The van der Waals surface area contributed by atoms with Crippen LogP contribution in [0.4, 0.5) is 0 Å². The summed E-state index contributed by atoms with van der Waals surface area (Å²) in [5.74, 6) is 0.219. The number of nitrogens with zero attached hydrogens (tertiary/aromatic N) is 1. The Morgan fingerprint density at radius 1 is 1.14 bits per heavy atom.